The quantitative estimate of drug-likeness (QED) is 0.791. The Morgan fingerprint density at radius 3 is 2.61 bits per heavy atom. The molecule has 1 heterocycles. The zero-order chi connectivity index (χ0) is 16.4. The number of carbonyl (C=O) groups is 1. The lowest BCUT2D eigenvalue weighted by Gasteiger charge is -2.10. The number of aromatic nitrogens is 1. The first-order valence-corrected chi connectivity index (χ1v) is 7.00. The molecule has 0 aliphatic heterocycles. The second kappa shape index (κ2) is 5.78. The molecule has 23 heavy (non-hydrogen) atoms. The Bertz CT molecular complexity index is 1010. The van der Waals surface area contributed by atoms with Gasteiger partial charge in [0.25, 0.3) is 5.91 Å². The van der Waals surface area contributed by atoms with Crippen LogP contribution < -0.4 is 10.7 Å². The lowest BCUT2D eigenvalue weighted by atomic mass is 10.1. The van der Waals surface area contributed by atoms with E-state index in [1.54, 1.807) is 48.0 Å². The Labute approximate surface area is 132 Å². The van der Waals surface area contributed by atoms with Crippen molar-refractivity contribution in [3.63, 3.8) is 0 Å². The fourth-order valence-electron chi connectivity index (χ4n) is 2.48. The first kappa shape index (κ1) is 14.5. The minimum Gasteiger partial charge on any atom is -0.350 e. The number of aryl methyl sites for hydroxylation is 1. The molecule has 0 aliphatic rings. The van der Waals surface area contributed by atoms with Crippen LogP contribution >= 0.6 is 0 Å². The second-order valence-electron chi connectivity index (χ2n) is 5.11. The van der Waals surface area contributed by atoms with Gasteiger partial charge in [0.1, 0.15) is 11.6 Å². The third-order valence-electron chi connectivity index (χ3n) is 3.64. The van der Waals surface area contributed by atoms with E-state index < -0.39 is 5.91 Å². The minimum atomic E-state index is -0.529. The van der Waals surface area contributed by atoms with E-state index >= 15 is 0 Å². The SMILES string of the molecule is Cn1cc(C(=O)Nc2ccccc2C#N)c(=O)c2ccccc21. The van der Waals surface area contributed by atoms with E-state index in [1.165, 1.54) is 6.20 Å². The number of nitriles is 1. The predicted molar refractivity (Wildman–Crippen MR) is 88.3 cm³/mol. The Balaban J connectivity index is 2.07. The highest BCUT2D eigenvalue weighted by molar-refractivity contribution is 6.06. The first-order chi connectivity index (χ1) is 11.1. The normalized spacial score (nSPS) is 10.3. The van der Waals surface area contributed by atoms with Crippen LogP contribution in [0.25, 0.3) is 10.9 Å². The number of para-hydroxylation sites is 2. The number of hydrogen-bond acceptors (Lipinski definition) is 3. The van der Waals surface area contributed by atoms with Crippen molar-refractivity contribution in [2.45, 2.75) is 0 Å². The molecule has 112 valence electrons. The van der Waals surface area contributed by atoms with E-state index in [0.29, 0.717) is 16.6 Å². The lowest BCUT2D eigenvalue weighted by Crippen LogP contribution is -2.23. The van der Waals surface area contributed by atoms with E-state index in [2.05, 4.69) is 5.32 Å². The Hall–Kier alpha value is -3.39. The Kier molecular flexibility index (Phi) is 3.65. The van der Waals surface area contributed by atoms with Gasteiger partial charge in [-0.2, -0.15) is 5.26 Å². The molecule has 0 saturated carbocycles. The number of amides is 1. The molecule has 0 atom stereocenters. The van der Waals surface area contributed by atoms with Crippen LogP contribution in [0, 0.1) is 11.3 Å². The molecule has 1 amide bonds. The van der Waals surface area contributed by atoms with Crippen molar-refractivity contribution in [1.29, 1.82) is 5.26 Å². The molecular weight excluding hydrogens is 290 g/mol. The molecule has 5 heteroatoms. The number of nitrogens with one attached hydrogen (secondary N) is 1. The summed E-state index contributed by atoms with van der Waals surface area (Å²) in [6, 6.07) is 15.8. The summed E-state index contributed by atoms with van der Waals surface area (Å²) in [5.74, 6) is -0.529. The number of carbonyl (C=O) groups excluding carboxylic acids is 1. The number of pyridine rings is 1. The lowest BCUT2D eigenvalue weighted by molar-refractivity contribution is 0.102. The van der Waals surface area contributed by atoms with Crippen LogP contribution in [0.15, 0.2) is 59.5 Å². The van der Waals surface area contributed by atoms with E-state index in [0.717, 1.165) is 5.52 Å². The number of anilines is 1. The smallest absolute Gasteiger partial charge is 0.261 e. The van der Waals surface area contributed by atoms with Crippen molar-refractivity contribution >= 4 is 22.5 Å². The van der Waals surface area contributed by atoms with Gasteiger partial charge in [0.05, 0.1) is 16.8 Å². The van der Waals surface area contributed by atoms with Crippen molar-refractivity contribution in [2.75, 3.05) is 5.32 Å². The maximum Gasteiger partial charge on any atom is 0.261 e. The monoisotopic (exact) mass is 303 g/mol. The van der Waals surface area contributed by atoms with E-state index in [-0.39, 0.29) is 11.0 Å². The number of nitrogens with zero attached hydrogens (tertiary/aromatic N) is 2. The zero-order valence-electron chi connectivity index (χ0n) is 12.4. The Morgan fingerprint density at radius 1 is 1.13 bits per heavy atom. The van der Waals surface area contributed by atoms with E-state index in [4.69, 9.17) is 5.26 Å². The molecule has 0 bridgehead atoms. The van der Waals surface area contributed by atoms with Gasteiger partial charge in [0.15, 0.2) is 0 Å². The molecule has 0 saturated heterocycles. The van der Waals surface area contributed by atoms with Gasteiger partial charge in [-0.25, -0.2) is 0 Å². The largest absolute Gasteiger partial charge is 0.350 e. The predicted octanol–water partition coefficient (Wildman–Crippen LogP) is 2.66. The summed E-state index contributed by atoms with van der Waals surface area (Å²) in [5.41, 5.74) is 1.20. The molecule has 0 fully saturated rings. The first-order valence-electron chi connectivity index (χ1n) is 7.00. The molecule has 0 aliphatic carbocycles. The molecule has 1 N–H and O–H groups in total. The van der Waals surface area contributed by atoms with E-state index in [1.807, 2.05) is 18.2 Å². The van der Waals surface area contributed by atoms with E-state index in [9.17, 15) is 9.59 Å². The van der Waals surface area contributed by atoms with Crippen LogP contribution in [-0.4, -0.2) is 10.5 Å². The third kappa shape index (κ3) is 2.58. The highest BCUT2D eigenvalue weighted by atomic mass is 16.2. The van der Waals surface area contributed by atoms with Crippen molar-refractivity contribution in [3.05, 3.63) is 76.1 Å². The van der Waals surface area contributed by atoms with Crippen LogP contribution in [0.2, 0.25) is 0 Å². The summed E-state index contributed by atoms with van der Waals surface area (Å²) in [5, 5.41) is 12.2. The fourth-order valence-corrected chi connectivity index (χ4v) is 2.48. The average molecular weight is 303 g/mol. The molecule has 5 nitrogen and oxygen atoms in total. The summed E-state index contributed by atoms with van der Waals surface area (Å²) >= 11 is 0. The highest BCUT2D eigenvalue weighted by Crippen LogP contribution is 2.15. The molecular formula is C18H13N3O2. The van der Waals surface area contributed by atoms with Crippen LogP contribution in [0.5, 0.6) is 0 Å². The van der Waals surface area contributed by atoms with Gasteiger partial charge < -0.3 is 9.88 Å². The minimum absolute atomic E-state index is 0.0407. The van der Waals surface area contributed by atoms with Crippen LogP contribution in [-0.2, 0) is 7.05 Å². The number of benzene rings is 2. The van der Waals surface area contributed by atoms with Gasteiger partial charge >= 0.3 is 0 Å². The van der Waals surface area contributed by atoms with Crippen LogP contribution in [0.4, 0.5) is 5.69 Å². The molecule has 0 spiro atoms. The van der Waals surface area contributed by atoms with Gasteiger partial charge in [0.2, 0.25) is 5.43 Å². The third-order valence-corrected chi connectivity index (χ3v) is 3.64. The summed E-state index contributed by atoms with van der Waals surface area (Å²) in [6.45, 7) is 0. The molecule has 2 aromatic carbocycles. The fraction of sp³-hybridized carbons (Fsp3) is 0.0556. The molecule has 0 unspecified atom stereocenters. The van der Waals surface area contributed by atoms with Gasteiger partial charge in [0, 0.05) is 18.6 Å². The zero-order valence-corrected chi connectivity index (χ0v) is 12.4. The average Bonchev–Trinajstić information content (AvgIpc) is 2.58. The van der Waals surface area contributed by atoms with Crippen molar-refractivity contribution in [3.8, 4) is 6.07 Å². The van der Waals surface area contributed by atoms with Gasteiger partial charge in [-0.05, 0) is 24.3 Å². The number of hydrogen-bond donors (Lipinski definition) is 1. The second-order valence-corrected chi connectivity index (χ2v) is 5.11. The van der Waals surface area contributed by atoms with Gasteiger partial charge in [-0.1, -0.05) is 24.3 Å². The maximum atomic E-state index is 12.5. The highest BCUT2D eigenvalue weighted by Gasteiger charge is 2.15. The number of rotatable bonds is 2. The molecule has 3 rings (SSSR count). The maximum absolute atomic E-state index is 12.5. The van der Waals surface area contributed by atoms with Crippen molar-refractivity contribution in [2.24, 2.45) is 7.05 Å². The summed E-state index contributed by atoms with van der Waals surface area (Å²) in [4.78, 5) is 25.0. The Morgan fingerprint density at radius 2 is 1.83 bits per heavy atom. The van der Waals surface area contributed by atoms with Gasteiger partial charge in [-0.15, -0.1) is 0 Å². The topological polar surface area (TPSA) is 74.9 Å². The molecule has 0 radical (unpaired) electrons. The summed E-state index contributed by atoms with van der Waals surface area (Å²) in [6.07, 6.45) is 1.51. The van der Waals surface area contributed by atoms with Crippen LogP contribution in [0.1, 0.15) is 15.9 Å². The molecule has 1 aromatic heterocycles. The van der Waals surface area contributed by atoms with Crippen LogP contribution in [0.3, 0.4) is 0 Å². The number of fused-ring (bicyclic) bond motifs is 1. The summed E-state index contributed by atoms with van der Waals surface area (Å²) in [7, 11) is 1.78. The van der Waals surface area contributed by atoms with Crippen molar-refractivity contribution in [1.82, 2.24) is 4.57 Å². The summed E-state index contributed by atoms with van der Waals surface area (Å²) < 4.78 is 1.74. The molecule has 3 aromatic rings. The van der Waals surface area contributed by atoms with Crippen molar-refractivity contribution < 1.29 is 4.79 Å². The standard InChI is InChI=1S/C18H13N3O2/c1-21-11-14(17(22)13-7-3-5-9-16(13)21)18(23)20-15-8-4-2-6-12(15)10-19/h2-9,11H,1H3,(H,20,23). The van der Waals surface area contributed by atoms with Gasteiger partial charge in [-0.3, -0.25) is 9.59 Å².